The minimum absolute atomic E-state index is 0.727. The van der Waals surface area contributed by atoms with Gasteiger partial charge in [-0.25, -0.2) is 0 Å². The summed E-state index contributed by atoms with van der Waals surface area (Å²) in [5, 5.41) is 3.45. The molecule has 1 aromatic rings. The largest absolute Gasteiger partial charge is 0.317 e. The first kappa shape index (κ1) is 11.3. The molecule has 1 heterocycles. The first-order valence-electron chi connectivity index (χ1n) is 7.15. The number of hydrogen-bond donors (Lipinski definition) is 1. The molecule has 0 bridgehead atoms. The van der Waals surface area contributed by atoms with Crippen molar-refractivity contribution < 1.29 is 0 Å². The van der Waals surface area contributed by atoms with Crippen LogP contribution in [0.25, 0.3) is 0 Å². The highest BCUT2D eigenvalue weighted by molar-refractivity contribution is 5.30. The van der Waals surface area contributed by atoms with Crippen LogP contribution in [0.2, 0.25) is 0 Å². The molecule has 2 fully saturated rings. The van der Waals surface area contributed by atoms with E-state index in [4.69, 9.17) is 0 Å². The highest BCUT2D eigenvalue weighted by atomic mass is 14.9. The summed E-state index contributed by atoms with van der Waals surface area (Å²) in [7, 11) is 0. The minimum Gasteiger partial charge on any atom is -0.317 e. The van der Waals surface area contributed by atoms with Gasteiger partial charge in [0, 0.05) is 0 Å². The molecular weight excluding hydrogens is 206 g/mol. The Labute approximate surface area is 105 Å². The SMILES string of the molecule is CC(c1ccc(C2CC2)cc1)C1CCNCC1. The summed E-state index contributed by atoms with van der Waals surface area (Å²) in [5.41, 5.74) is 3.10. The van der Waals surface area contributed by atoms with Crippen LogP contribution in [0, 0.1) is 5.92 Å². The maximum absolute atomic E-state index is 3.45. The Hall–Kier alpha value is -0.820. The zero-order chi connectivity index (χ0) is 11.7. The highest BCUT2D eigenvalue weighted by Gasteiger charge is 2.24. The lowest BCUT2D eigenvalue weighted by Crippen LogP contribution is -2.30. The van der Waals surface area contributed by atoms with Crippen LogP contribution in [0.3, 0.4) is 0 Å². The van der Waals surface area contributed by atoms with Crippen molar-refractivity contribution in [1.82, 2.24) is 5.32 Å². The van der Waals surface area contributed by atoms with Gasteiger partial charge < -0.3 is 5.32 Å². The Kier molecular flexibility index (Phi) is 3.19. The maximum atomic E-state index is 3.45. The quantitative estimate of drug-likeness (QED) is 0.834. The summed E-state index contributed by atoms with van der Waals surface area (Å²) in [6, 6.07) is 9.48. The van der Waals surface area contributed by atoms with E-state index in [0.29, 0.717) is 0 Å². The Balaban J connectivity index is 1.69. The van der Waals surface area contributed by atoms with Crippen molar-refractivity contribution in [2.75, 3.05) is 13.1 Å². The zero-order valence-electron chi connectivity index (χ0n) is 10.8. The van der Waals surface area contributed by atoms with E-state index in [2.05, 4.69) is 36.5 Å². The van der Waals surface area contributed by atoms with Crippen molar-refractivity contribution in [3.8, 4) is 0 Å². The van der Waals surface area contributed by atoms with E-state index in [1.165, 1.54) is 38.8 Å². The second-order valence-corrected chi connectivity index (χ2v) is 5.82. The smallest absolute Gasteiger partial charge is 0.00461 e. The van der Waals surface area contributed by atoms with Gasteiger partial charge in [-0.15, -0.1) is 0 Å². The molecule has 0 aromatic heterocycles. The van der Waals surface area contributed by atoms with Crippen LogP contribution in [0.4, 0.5) is 0 Å². The van der Waals surface area contributed by atoms with E-state index in [1.807, 2.05) is 0 Å². The molecule has 1 saturated carbocycles. The first-order chi connectivity index (χ1) is 8.34. The van der Waals surface area contributed by atoms with Gasteiger partial charge in [0.05, 0.1) is 0 Å². The molecule has 1 nitrogen and oxygen atoms in total. The molecule has 3 rings (SSSR count). The molecule has 1 aliphatic heterocycles. The lowest BCUT2D eigenvalue weighted by atomic mass is 9.81. The van der Waals surface area contributed by atoms with Crippen LogP contribution in [-0.4, -0.2) is 13.1 Å². The van der Waals surface area contributed by atoms with Gasteiger partial charge in [-0.05, 0) is 67.7 Å². The van der Waals surface area contributed by atoms with E-state index in [0.717, 1.165) is 17.8 Å². The van der Waals surface area contributed by atoms with Crippen molar-refractivity contribution in [2.24, 2.45) is 5.92 Å². The van der Waals surface area contributed by atoms with E-state index < -0.39 is 0 Å². The van der Waals surface area contributed by atoms with Crippen LogP contribution in [0.5, 0.6) is 0 Å². The second kappa shape index (κ2) is 4.81. The Morgan fingerprint density at radius 3 is 2.24 bits per heavy atom. The monoisotopic (exact) mass is 229 g/mol. The average molecular weight is 229 g/mol. The molecule has 1 aromatic carbocycles. The van der Waals surface area contributed by atoms with Crippen molar-refractivity contribution in [1.29, 1.82) is 0 Å². The summed E-state index contributed by atoms with van der Waals surface area (Å²) in [6.07, 6.45) is 5.49. The first-order valence-corrected chi connectivity index (χ1v) is 7.15. The Bertz CT molecular complexity index is 358. The van der Waals surface area contributed by atoms with Crippen LogP contribution in [0.15, 0.2) is 24.3 Å². The third-order valence-corrected chi connectivity index (χ3v) is 4.60. The molecule has 0 spiro atoms. The lowest BCUT2D eigenvalue weighted by molar-refractivity contribution is 0.330. The van der Waals surface area contributed by atoms with Crippen LogP contribution >= 0.6 is 0 Å². The normalized spacial score (nSPS) is 23.6. The highest BCUT2D eigenvalue weighted by Crippen LogP contribution is 2.40. The number of hydrogen-bond acceptors (Lipinski definition) is 1. The molecule has 1 heteroatoms. The molecule has 1 aliphatic carbocycles. The van der Waals surface area contributed by atoms with Gasteiger partial charge in [-0.2, -0.15) is 0 Å². The average Bonchev–Trinajstić information content (AvgIpc) is 3.24. The van der Waals surface area contributed by atoms with Gasteiger partial charge in [0.25, 0.3) is 0 Å². The molecule has 2 aliphatic rings. The molecule has 1 saturated heterocycles. The predicted molar refractivity (Wildman–Crippen MR) is 72.4 cm³/mol. The van der Waals surface area contributed by atoms with Crippen LogP contribution in [-0.2, 0) is 0 Å². The van der Waals surface area contributed by atoms with Crippen molar-refractivity contribution in [2.45, 2.75) is 44.4 Å². The van der Waals surface area contributed by atoms with E-state index in [-0.39, 0.29) is 0 Å². The standard InChI is InChI=1S/C16H23N/c1-12(14-8-10-17-11-9-14)13-2-4-15(5-3-13)16-6-7-16/h2-5,12,14,16-17H,6-11H2,1H3. The number of piperidine rings is 1. The number of nitrogens with one attached hydrogen (secondary N) is 1. The van der Waals surface area contributed by atoms with Gasteiger partial charge in [-0.1, -0.05) is 31.2 Å². The maximum Gasteiger partial charge on any atom is -0.00461 e. The number of rotatable bonds is 3. The topological polar surface area (TPSA) is 12.0 Å². The van der Waals surface area contributed by atoms with Gasteiger partial charge in [-0.3, -0.25) is 0 Å². The fourth-order valence-corrected chi connectivity index (χ4v) is 3.10. The van der Waals surface area contributed by atoms with Crippen molar-refractivity contribution in [3.05, 3.63) is 35.4 Å². The molecular formula is C16H23N. The molecule has 17 heavy (non-hydrogen) atoms. The fraction of sp³-hybridized carbons (Fsp3) is 0.625. The van der Waals surface area contributed by atoms with E-state index in [9.17, 15) is 0 Å². The third-order valence-electron chi connectivity index (χ3n) is 4.60. The van der Waals surface area contributed by atoms with Crippen molar-refractivity contribution >= 4 is 0 Å². The molecule has 92 valence electrons. The minimum atomic E-state index is 0.727. The van der Waals surface area contributed by atoms with Crippen LogP contribution in [0.1, 0.15) is 55.6 Å². The Morgan fingerprint density at radius 1 is 1.00 bits per heavy atom. The molecule has 1 N–H and O–H groups in total. The van der Waals surface area contributed by atoms with Crippen LogP contribution < -0.4 is 5.32 Å². The zero-order valence-corrected chi connectivity index (χ0v) is 10.8. The summed E-state index contributed by atoms with van der Waals surface area (Å²) in [5.74, 6) is 2.49. The van der Waals surface area contributed by atoms with Gasteiger partial charge in [0.15, 0.2) is 0 Å². The van der Waals surface area contributed by atoms with Gasteiger partial charge in [0.2, 0.25) is 0 Å². The fourth-order valence-electron chi connectivity index (χ4n) is 3.10. The molecule has 1 atom stereocenters. The molecule has 1 unspecified atom stereocenters. The summed E-state index contributed by atoms with van der Waals surface area (Å²) in [6.45, 7) is 4.81. The van der Waals surface area contributed by atoms with Gasteiger partial charge >= 0.3 is 0 Å². The number of benzene rings is 1. The van der Waals surface area contributed by atoms with E-state index in [1.54, 1.807) is 11.1 Å². The summed E-state index contributed by atoms with van der Waals surface area (Å²) < 4.78 is 0. The van der Waals surface area contributed by atoms with Gasteiger partial charge in [0.1, 0.15) is 0 Å². The molecule has 0 amide bonds. The van der Waals surface area contributed by atoms with Crippen molar-refractivity contribution in [3.63, 3.8) is 0 Å². The summed E-state index contributed by atoms with van der Waals surface area (Å²) in [4.78, 5) is 0. The van der Waals surface area contributed by atoms with E-state index >= 15 is 0 Å². The third kappa shape index (κ3) is 2.55. The molecule has 0 radical (unpaired) electrons. The predicted octanol–water partition coefficient (Wildman–Crippen LogP) is 3.67. The Morgan fingerprint density at radius 2 is 1.65 bits per heavy atom. The lowest BCUT2D eigenvalue weighted by Gasteiger charge is -2.28. The second-order valence-electron chi connectivity index (χ2n) is 5.82. The summed E-state index contributed by atoms with van der Waals surface area (Å²) >= 11 is 0.